The second kappa shape index (κ2) is 9.72. The predicted octanol–water partition coefficient (Wildman–Crippen LogP) is 4.66. The molecule has 0 aromatic carbocycles. The fourth-order valence-corrected chi connectivity index (χ4v) is 7.17. The lowest BCUT2D eigenvalue weighted by Crippen LogP contribution is -2.60. The van der Waals surface area contributed by atoms with Gasteiger partial charge in [-0.3, -0.25) is 9.38 Å². The lowest BCUT2D eigenvalue weighted by molar-refractivity contribution is 0.0385. The van der Waals surface area contributed by atoms with E-state index in [-0.39, 0.29) is 23.7 Å². The largest absolute Gasteiger partial charge is 0.444 e. The van der Waals surface area contributed by atoms with Crippen molar-refractivity contribution in [2.75, 3.05) is 24.6 Å². The standard InChI is InChI=1S/C28H36N6O3S/c1-18-14-28(17-36-18)9-12-33(16-23(28)32-26(35)37-27(2,3)4)25-31-15-22(24-30-11-13-34(24)25)38-21-8-10-29-20-7-5-6-19(20)21/h8,10-11,13,15,18,23H,5-7,9,12,14,16-17H2,1-4H3,(H,32,35)/t18-,23?,28?/m0/s1. The molecule has 1 spiro atoms. The maximum Gasteiger partial charge on any atom is 0.407 e. The summed E-state index contributed by atoms with van der Waals surface area (Å²) in [6.07, 6.45) is 12.5. The Labute approximate surface area is 227 Å². The molecule has 0 bridgehead atoms. The smallest absolute Gasteiger partial charge is 0.407 e. The molecule has 2 saturated heterocycles. The highest BCUT2D eigenvalue weighted by Gasteiger charge is 2.49. The minimum Gasteiger partial charge on any atom is -0.444 e. The first-order valence-corrected chi connectivity index (χ1v) is 14.4. The van der Waals surface area contributed by atoms with Crippen molar-refractivity contribution in [1.29, 1.82) is 0 Å². The summed E-state index contributed by atoms with van der Waals surface area (Å²) in [5.41, 5.74) is 2.79. The van der Waals surface area contributed by atoms with Gasteiger partial charge in [0.2, 0.25) is 5.95 Å². The number of fused-ring (bicyclic) bond motifs is 2. The fraction of sp³-hybridized carbons (Fsp3) is 0.571. The molecule has 10 heteroatoms. The van der Waals surface area contributed by atoms with E-state index in [1.807, 2.05) is 45.6 Å². The Bertz CT molecular complexity index is 1350. The van der Waals surface area contributed by atoms with Crippen LogP contribution in [0.1, 0.15) is 58.2 Å². The van der Waals surface area contributed by atoms with Crippen LogP contribution in [-0.2, 0) is 22.3 Å². The van der Waals surface area contributed by atoms with E-state index < -0.39 is 5.60 Å². The van der Waals surface area contributed by atoms with Crippen LogP contribution in [0, 0.1) is 5.41 Å². The number of pyridine rings is 1. The van der Waals surface area contributed by atoms with Crippen LogP contribution in [0.5, 0.6) is 0 Å². The molecule has 3 aromatic heterocycles. The average Bonchev–Trinajstić information content (AvgIpc) is 3.60. The van der Waals surface area contributed by atoms with Gasteiger partial charge < -0.3 is 19.7 Å². The molecule has 1 aliphatic carbocycles. The zero-order valence-corrected chi connectivity index (χ0v) is 23.4. The van der Waals surface area contributed by atoms with Gasteiger partial charge in [-0.15, -0.1) is 0 Å². The number of aryl methyl sites for hydroxylation is 1. The minimum atomic E-state index is -0.558. The van der Waals surface area contributed by atoms with Gasteiger partial charge in [-0.05, 0) is 71.4 Å². The van der Waals surface area contributed by atoms with Gasteiger partial charge in [-0.2, -0.15) is 0 Å². The molecule has 3 aromatic rings. The van der Waals surface area contributed by atoms with Crippen molar-refractivity contribution in [3.05, 3.63) is 42.1 Å². The molecule has 2 aliphatic heterocycles. The van der Waals surface area contributed by atoms with E-state index >= 15 is 0 Å². The fourth-order valence-electron chi connectivity index (χ4n) is 6.12. The molecule has 38 heavy (non-hydrogen) atoms. The average molecular weight is 537 g/mol. The number of rotatable bonds is 4. The van der Waals surface area contributed by atoms with E-state index in [1.165, 1.54) is 16.2 Å². The summed E-state index contributed by atoms with van der Waals surface area (Å²) in [4.78, 5) is 31.5. The molecule has 3 aliphatic rings. The van der Waals surface area contributed by atoms with Crippen LogP contribution in [0.2, 0.25) is 0 Å². The summed E-state index contributed by atoms with van der Waals surface area (Å²) in [6, 6.07) is 1.98. The third-order valence-electron chi connectivity index (χ3n) is 7.88. The number of hydrogen-bond acceptors (Lipinski definition) is 8. The maximum absolute atomic E-state index is 12.8. The predicted molar refractivity (Wildman–Crippen MR) is 146 cm³/mol. The van der Waals surface area contributed by atoms with Crippen molar-refractivity contribution >= 4 is 29.5 Å². The number of carbonyl (C=O) groups excluding carboxylic acids is 1. The Morgan fingerprint density at radius 3 is 2.87 bits per heavy atom. The van der Waals surface area contributed by atoms with Gasteiger partial charge >= 0.3 is 6.09 Å². The van der Waals surface area contributed by atoms with Crippen molar-refractivity contribution in [2.24, 2.45) is 5.41 Å². The highest BCUT2D eigenvalue weighted by atomic mass is 32.2. The summed E-state index contributed by atoms with van der Waals surface area (Å²) >= 11 is 1.72. The number of amides is 1. The third kappa shape index (κ3) is 4.84. The summed E-state index contributed by atoms with van der Waals surface area (Å²) < 4.78 is 13.7. The van der Waals surface area contributed by atoms with Crippen LogP contribution in [0.25, 0.3) is 5.65 Å². The summed E-state index contributed by atoms with van der Waals surface area (Å²) in [5.74, 6) is 0.833. The number of hydrogen-bond donors (Lipinski definition) is 1. The highest BCUT2D eigenvalue weighted by Crippen LogP contribution is 2.43. The van der Waals surface area contributed by atoms with Gasteiger partial charge in [0.05, 0.1) is 23.6 Å². The molecule has 202 valence electrons. The molecule has 5 heterocycles. The van der Waals surface area contributed by atoms with Gasteiger partial charge in [-0.25, -0.2) is 14.8 Å². The number of anilines is 1. The normalized spacial score (nSPS) is 25.2. The number of piperidine rings is 1. The number of imidazole rings is 1. The number of nitrogens with zero attached hydrogens (tertiary/aromatic N) is 5. The van der Waals surface area contributed by atoms with Crippen LogP contribution in [0.15, 0.2) is 40.6 Å². The molecule has 0 saturated carbocycles. The van der Waals surface area contributed by atoms with E-state index in [0.717, 1.165) is 55.1 Å². The second-order valence-corrected chi connectivity index (χ2v) is 12.9. The first-order chi connectivity index (χ1) is 18.2. The van der Waals surface area contributed by atoms with Gasteiger partial charge in [0.1, 0.15) is 5.60 Å². The molecule has 1 N–H and O–H groups in total. The third-order valence-corrected chi connectivity index (χ3v) is 8.99. The quantitative estimate of drug-likeness (QED) is 0.515. The first kappa shape index (κ1) is 25.4. The van der Waals surface area contributed by atoms with Gasteiger partial charge in [0.15, 0.2) is 5.65 Å². The van der Waals surface area contributed by atoms with Crippen LogP contribution < -0.4 is 10.2 Å². The summed E-state index contributed by atoms with van der Waals surface area (Å²) in [7, 11) is 0. The molecule has 6 rings (SSSR count). The van der Waals surface area contributed by atoms with E-state index in [9.17, 15) is 4.79 Å². The van der Waals surface area contributed by atoms with Crippen molar-refractivity contribution in [1.82, 2.24) is 24.7 Å². The SMILES string of the molecule is C[C@H]1CC2(CCN(c3ncc(Sc4ccnc5c4CCC5)c4nccn34)CC2NC(=O)OC(C)(C)C)CO1. The van der Waals surface area contributed by atoms with Crippen molar-refractivity contribution < 1.29 is 14.3 Å². The van der Waals surface area contributed by atoms with Crippen LogP contribution in [0.3, 0.4) is 0 Å². The Balaban J connectivity index is 1.27. The van der Waals surface area contributed by atoms with Crippen molar-refractivity contribution in [3.8, 4) is 0 Å². The van der Waals surface area contributed by atoms with Crippen molar-refractivity contribution in [3.63, 3.8) is 0 Å². The number of ether oxygens (including phenoxy) is 2. The molecular formula is C28H36N6O3S. The lowest BCUT2D eigenvalue weighted by Gasteiger charge is -2.45. The molecular weight excluding hydrogens is 500 g/mol. The molecule has 9 nitrogen and oxygen atoms in total. The van der Waals surface area contributed by atoms with E-state index in [4.69, 9.17) is 19.4 Å². The first-order valence-electron chi connectivity index (χ1n) is 13.5. The minimum absolute atomic E-state index is 0.113. The zero-order chi connectivity index (χ0) is 26.5. The van der Waals surface area contributed by atoms with Crippen LogP contribution in [-0.4, -0.2) is 62.9 Å². The molecule has 0 radical (unpaired) electrons. The van der Waals surface area contributed by atoms with Crippen molar-refractivity contribution in [2.45, 2.75) is 87.3 Å². The van der Waals surface area contributed by atoms with Crippen LogP contribution in [0.4, 0.5) is 10.7 Å². The maximum atomic E-state index is 12.8. The van der Waals surface area contributed by atoms with E-state index in [1.54, 1.807) is 11.8 Å². The van der Waals surface area contributed by atoms with Crippen LogP contribution >= 0.6 is 11.8 Å². The Morgan fingerprint density at radius 2 is 2.08 bits per heavy atom. The van der Waals surface area contributed by atoms with Gasteiger partial charge in [-0.1, -0.05) is 11.8 Å². The molecule has 1 amide bonds. The number of aromatic nitrogens is 4. The van der Waals surface area contributed by atoms with Gasteiger partial charge in [0.25, 0.3) is 0 Å². The van der Waals surface area contributed by atoms with Gasteiger partial charge in [0, 0.05) is 53.9 Å². The monoisotopic (exact) mass is 536 g/mol. The Morgan fingerprint density at radius 1 is 1.21 bits per heavy atom. The molecule has 3 atom stereocenters. The Kier molecular flexibility index (Phi) is 6.50. The number of carbonyl (C=O) groups is 1. The number of nitrogens with one attached hydrogen (secondary N) is 1. The molecule has 2 unspecified atom stereocenters. The second-order valence-electron chi connectivity index (χ2n) is 11.8. The highest BCUT2D eigenvalue weighted by molar-refractivity contribution is 7.99. The van der Waals surface area contributed by atoms with E-state index in [0.29, 0.717) is 13.2 Å². The molecule has 2 fully saturated rings. The summed E-state index contributed by atoms with van der Waals surface area (Å²) in [6.45, 7) is 9.85. The zero-order valence-electron chi connectivity index (χ0n) is 22.6. The number of alkyl carbamates (subject to hydrolysis) is 1. The topological polar surface area (TPSA) is 93.9 Å². The Hall–Kier alpha value is -2.85. The van der Waals surface area contributed by atoms with E-state index in [2.05, 4.69) is 32.6 Å². The lowest BCUT2D eigenvalue weighted by atomic mass is 9.73. The summed E-state index contributed by atoms with van der Waals surface area (Å²) in [5, 5.41) is 3.19.